The van der Waals surface area contributed by atoms with Gasteiger partial charge in [-0.2, -0.15) is 8.42 Å². The first kappa shape index (κ1) is 19.7. The molecule has 0 heterocycles. The summed E-state index contributed by atoms with van der Waals surface area (Å²) in [6.45, 7) is 9.40. The third kappa shape index (κ3) is 14.3. The van der Waals surface area contributed by atoms with E-state index >= 15 is 0 Å². The number of carbonyl (C=O) groups excluding carboxylic acids is 1. The van der Waals surface area contributed by atoms with Gasteiger partial charge < -0.3 is 9.84 Å². The van der Waals surface area contributed by atoms with Gasteiger partial charge in [-0.25, -0.2) is 9.59 Å². The van der Waals surface area contributed by atoms with E-state index in [9.17, 15) is 18.0 Å². The molecular formula is C11H18O7S. The fraction of sp³-hybridized carbons (Fsp3) is 0.455. The zero-order valence-electron chi connectivity index (χ0n) is 10.9. The maximum absolute atomic E-state index is 10.6. The van der Waals surface area contributed by atoms with Gasteiger partial charge in [-0.15, -0.1) is 0 Å². The topological polar surface area (TPSA) is 118 Å². The number of esters is 1. The van der Waals surface area contributed by atoms with Crippen LogP contribution in [-0.2, 0) is 24.4 Å². The first-order valence-corrected chi connectivity index (χ1v) is 6.81. The summed E-state index contributed by atoms with van der Waals surface area (Å²) in [7, 11) is -4.05. The molecule has 0 aromatic rings. The number of hydrogen-bond acceptors (Lipinski definition) is 5. The second-order valence-electron chi connectivity index (χ2n) is 3.46. The zero-order chi connectivity index (χ0) is 15.6. The van der Waals surface area contributed by atoms with E-state index in [2.05, 4.69) is 17.9 Å². The molecule has 110 valence electrons. The molecule has 0 spiro atoms. The molecular weight excluding hydrogens is 276 g/mol. The van der Waals surface area contributed by atoms with E-state index in [4.69, 9.17) is 9.66 Å². The molecule has 0 atom stereocenters. The summed E-state index contributed by atoms with van der Waals surface area (Å²) >= 11 is 0. The molecule has 0 bridgehead atoms. The highest BCUT2D eigenvalue weighted by molar-refractivity contribution is 7.85. The van der Waals surface area contributed by atoms with E-state index in [-0.39, 0.29) is 17.8 Å². The Morgan fingerprint density at radius 1 is 1.26 bits per heavy atom. The predicted octanol–water partition coefficient (Wildman–Crippen LogP) is 1.03. The fourth-order valence-electron chi connectivity index (χ4n) is 0.514. The van der Waals surface area contributed by atoms with Crippen molar-refractivity contribution in [2.24, 2.45) is 0 Å². The van der Waals surface area contributed by atoms with Crippen LogP contribution in [0.2, 0.25) is 0 Å². The molecule has 2 N–H and O–H groups in total. The molecule has 0 aliphatic carbocycles. The van der Waals surface area contributed by atoms with Gasteiger partial charge in [0.15, 0.2) is 0 Å². The lowest BCUT2D eigenvalue weighted by Gasteiger charge is -2.01. The summed E-state index contributed by atoms with van der Waals surface area (Å²) in [5, 5.41) is 8.08. The zero-order valence-corrected chi connectivity index (χ0v) is 11.7. The molecule has 0 aromatic heterocycles. The lowest BCUT2D eigenvalue weighted by atomic mass is 10.2. The number of carbonyl (C=O) groups is 2. The Morgan fingerprint density at radius 2 is 1.74 bits per heavy atom. The van der Waals surface area contributed by atoms with Crippen molar-refractivity contribution < 1.29 is 32.4 Å². The van der Waals surface area contributed by atoms with Crippen molar-refractivity contribution in [3.63, 3.8) is 0 Å². The summed E-state index contributed by atoms with van der Waals surface area (Å²) in [6.07, 6.45) is 0.523. The minimum absolute atomic E-state index is 0.185. The molecule has 7 nitrogen and oxygen atoms in total. The number of ether oxygens (including phenoxy) is 1. The summed E-state index contributed by atoms with van der Waals surface area (Å²) in [5.41, 5.74) is 0.449. The third-order valence-electron chi connectivity index (χ3n) is 1.65. The minimum atomic E-state index is -4.05. The van der Waals surface area contributed by atoms with Gasteiger partial charge in [-0.1, -0.05) is 20.1 Å². The number of rotatable bonds is 6. The van der Waals surface area contributed by atoms with Crippen LogP contribution in [0.25, 0.3) is 0 Å². The van der Waals surface area contributed by atoms with Crippen LogP contribution in [0.15, 0.2) is 24.3 Å². The summed E-state index contributed by atoms with van der Waals surface area (Å²) < 4.78 is 32.9. The van der Waals surface area contributed by atoms with Crippen LogP contribution in [0.3, 0.4) is 0 Å². The highest BCUT2D eigenvalue weighted by Gasteiger charge is 2.07. The lowest BCUT2D eigenvalue weighted by Crippen LogP contribution is -2.14. The van der Waals surface area contributed by atoms with Gasteiger partial charge in [0.2, 0.25) is 0 Å². The summed E-state index contributed by atoms with van der Waals surface area (Å²) in [4.78, 5) is 20.5. The van der Waals surface area contributed by atoms with E-state index in [1.165, 1.54) is 6.92 Å². The van der Waals surface area contributed by atoms with E-state index in [1.54, 1.807) is 6.92 Å². The smallest absolute Gasteiger partial charge is 0.333 e. The van der Waals surface area contributed by atoms with Crippen molar-refractivity contribution in [2.75, 3.05) is 12.4 Å². The highest BCUT2D eigenvalue weighted by Crippen LogP contribution is 1.93. The molecule has 0 aromatic carbocycles. The van der Waals surface area contributed by atoms with Gasteiger partial charge >= 0.3 is 11.9 Å². The number of carboxylic acid groups (broad SMARTS) is 1. The van der Waals surface area contributed by atoms with Crippen LogP contribution in [-0.4, -0.2) is 42.4 Å². The average molecular weight is 294 g/mol. The second-order valence-corrected chi connectivity index (χ2v) is 5.04. The SMILES string of the molecule is C=C(C)C(=O)OCCS(=O)(=O)O.C=C(CC)C(=O)O. The molecule has 19 heavy (non-hydrogen) atoms. The van der Waals surface area contributed by atoms with Crippen LogP contribution in [0.5, 0.6) is 0 Å². The van der Waals surface area contributed by atoms with Crippen molar-refractivity contribution in [1.29, 1.82) is 0 Å². The molecule has 0 aliphatic heterocycles. The maximum atomic E-state index is 10.6. The number of hydrogen-bond donors (Lipinski definition) is 2. The second kappa shape index (κ2) is 9.29. The molecule has 0 aliphatic rings. The Kier molecular flexibility index (Phi) is 9.61. The number of carboxylic acids is 1. The van der Waals surface area contributed by atoms with Crippen molar-refractivity contribution in [3.8, 4) is 0 Å². The van der Waals surface area contributed by atoms with Gasteiger partial charge in [0.25, 0.3) is 10.1 Å². The van der Waals surface area contributed by atoms with E-state index in [1.807, 2.05) is 0 Å². The monoisotopic (exact) mass is 294 g/mol. The van der Waals surface area contributed by atoms with Gasteiger partial charge in [-0.3, -0.25) is 4.55 Å². The Labute approximate surface area is 112 Å². The van der Waals surface area contributed by atoms with Crippen LogP contribution in [0, 0.1) is 0 Å². The van der Waals surface area contributed by atoms with Crippen LogP contribution in [0.1, 0.15) is 20.3 Å². The number of aliphatic carboxylic acids is 1. The van der Waals surface area contributed by atoms with Gasteiger partial charge in [0.05, 0.1) is 0 Å². The fourth-order valence-corrected chi connectivity index (χ4v) is 0.808. The first-order chi connectivity index (χ1) is 8.51. The Balaban J connectivity index is 0. The summed E-state index contributed by atoms with van der Waals surface area (Å²) in [5.74, 6) is -2.16. The third-order valence-corrected chi connectivity index (χ3v) is 2.33. The van der Waals surface area contributed by atoms with Crippen LogP contribution >= 0.6 is 0 Å². The van der Waals surface area contributed by atoms with Crippen molar-refractivity contribution in [2.45, 2.75) is 20.3 Å². The Bertz CT molecular complexity index is 448. The molecule has 0 rings (SSSR count). The molecule has 8 heteroatoms. The quantitative estimate of drug-likeness (QED) is 0.426. The highest BCUT2D eigenvalue weighted by atomic mass is 32.2. The van der Waals surface area contributed by atoms with Crippen molar-refractivity contribution in [3.05, 3.63) is 24.3 Å². The molecule has 0 fully saturated rings. The van der Waals surface area contributed by atoms with Gasteiger partial charge in [-0.05, 0) is 13.3 Å². The first-order valence-electron chi connectivity index (χ1n) is 5.20. The normalized spacial score (nSPS) is 9.84. The van der Waals surface area contributed by atoms with Crippen LogP contribution < -0.4 is 0 Å². The van der Waals surface area contributed by atoms with Crippen molar-refractivity contribution >= 4 is 22.1 Å². The molecule has 0 amide bonds. The Hall–Kier alpha value is -1.67. The molecule has 0 radical (unpaired) electrons. The molecule has 0 saturated heterocycles. The van der Waals surface area contributed by atoms with E-state index < -0.39 is 27.8 Å². The maximum Gasteiger partial charge on any atom is 0.333 e. The van der Waals surface area contributed by atoms with Gasteiger partial charge in [0.1, 0.15) is 12.4 Å². The lowest BCUT2D eigenvalue weighted by molar-refractivity contribution is -0.138. The van der Waals surface area contributed by atoms with E-state index in [0.717, 1.165) is 0 Å². The summed E-state index contributed by atoms with van der Waals surface area (Å²) in [6, 6.07) is 0. The average Bonchev–Trinajstić information content (AvgIpc) is 2.26. The van der Waals surface area contributed by atoms with Crippen LogP contribution in [0.4, 0.5) is 0 Å². The molecule has 0 saturated carbocycles. The van der Waals surface area contributed by atoms with Gasteiger partial charge in [0, 0.05) is 11.1 Å². The Morgan fingerprint density at radius 3 is 1.95 bits per heavy atom. The largest absolute Gasteiger partial charge is 0.478 e. The van der Waals surface area contributed by atoms with Crippen molar-refractivity contribution in [1.82, 2.24) is 0 Å². The standard InChI is InChI=1S/C6H10O5S.C5H8O2/c1-5(2)6(7)11-3-4-12(8,9)10;1-3-4(2)5(6)7/h1,3-4H2,2H3,(H,8,9,10);2-3H2,1H3,(H,6,7). The molecule has 0 unspecified atom stereocenters. The van der Waals surface area contributed by atoms with E-state index in [0.29, 0.717) is 6.42 Å². The minimum Gasteiger partial charge on any atom is -0.478 e. The predicted molar refractivity (Wildman–Crippen MR) is 69.3 cm³/mol.